The van der Waals surface area contributed by atoms with E-state index in [-0.39, 0.29) is 5.92 Å². The lowest BCUT2D eigenvalue weighted by atomic mass is 9.94. The highest BCUT2D eigenvalue weighted by Crippen LogP contribution is 2.17. The molecule has 0 aliphatic carbocycles. The van der Waals surface area contributed by atoms with Crippen LogP contribution in [0.2, 0.25) is 0 Å². The lowest BCUT2D eigenvalue weighted by molar-refractivity contribution is 0.316. The number of oxime groups is 1. The molecule has 0 spiro atoms. The van der Waals surface area contributed by atoms with E-state index in [1.165, 1.54) is 0 Å². The topological polar surface area (TPSA) is 32.6 Å². The number of rotatable bonds is 4. The van der Waals surface area contributed by atoms with E-state index in [0.29, 0.717) is 12.1 Å². The molecule has 14 heavy (non-hydrogen) atoms. The summed E-state index contributed by atoms with van der Waals surface area (Å²) in [6.07, 6.45) is 2.26. The highest BCUT2D eigenvalue weighted by Gasteiger charge is 2.11. The molecule has 1 aromatic rings. The molecule has 1 aromatic carbocycles. The molecule has 1 unspecified atom stereocenters. The first-order valence-corrected chi connectivity index (χ1v) is 4.49. The van der Waals surface area contributed by atoms with Crippen molar-refractivity contribution in [2.45, 2.75) is 12.3 Å². The highest BCUT2D eigenvalue weighted by atomic mass is 16.4. The summed E-state index contributed by atoms with van der Waals surface area (Å²) in [5.74, 6) is -0.112. The van der Waals surface area contributed by atoms with Crippen molar-refractivity contribution < 1.29 is 5.21 Å². The van der Waals surface area contributed by atoms with Crippen LogP contribution >= 0.6 is 0 Å². The maximum atomic E-state index is 8.79. The predicted molar refractivity (Wildman–Crippen MR) is 58.6 cm³/mol. The number of hydrogen-bond donors (Lipinski definition) is 1. The summed E-state index contributed by atoms with van der Waals surface area (Å²) < 4.78 is 0. The van der Waals surface area contributed by atoms with Gasteiger partial charge in [0.2, 0.25) is 0 Å². The standard InChI is InChI=1S/C12H14NO/c1-3-7-12(13-14)10(2)11-8-5-4-6-9-11/h3-6,8-10,14H,1-2,7H2. The van der Waals surface area contributed by atoms with E-state index in [2.05, 4.69) is 18.7 Å². The molecule has 2 nitrogen and oxygen atoms in total. The van der Waals surface area contributed by atoms with E-state index in [1.54, 1.807) is 6.08 Å². The van der Waals surface area contributed by atoms with Crippen LogP contribution in [0.1, 0.15) is 17.9 Å². The van der Waals surface area contributed by atoms with Gasteiger partial charge in [-0.3, -0.25) is 0 Å². The van der Waals surface area contributed by atoms with Gasteiger partial charge in [-0.25, -0.2) is 0 Å². The number of hydrogen-bond acceptors (Lipinski definition) is 2. The zero-order valence-electron chi connectivity index (χ0n) is 8.06. The monoisotopic (exact) mass is 188 g/mol. The first-order chi connectivity index (χ1) is 6.79. The van der Waals surface area contributed by atoms with Crippen molar-refractivity contribution in [1.82, 2.24) is 0 Å². The molecule has 0 bridgehead atoms. The minimum Gasteiger partial charge on any atom is -0.411 e. The van der Waals surface area contributed by atoms with Gasteiger partial charge in [0, 0.05) is 12.3 Å². The fourth-order valence-electron chi connectivity index (χ4n) is 1.28. The van der Waals surface area contributed by atoms with Crippen LogP contribution in [0.4, 0.5) is 0 Å². The Balaban J connectivity index is 2.83. The Kier molecular flexibility index (Phi) is 3.92. The summed E-state index contributed by atoms with van der Waals surface area (Å²) in [7, 11) is 0. The molecule has 0 heterocycles. The Morgan fingerprint density at radius 3 is 2.57 bits per heavy atom. The maximum Gasteiger partial charge on any atom is 0.0682 e. The first-order valence-electron chi connectivity index (χ1n) is 4.49. The van der Waals surface area contributed by atoms with Gasteiger partial charge in [0.15, 0.2) is 0 Å². The molecule has 0 aromatic heterocycles. The van der Waals surface area contributed by atoms with E-state index < -0.39 is 0 Å². The molecule has 1 N–H and O–H groups in total. The van der Waals surface area contributed by atoms with Crippen molar-refractivity contribution in [3.05, 3.63) is 55.5 Å². The lowest BCUT2D eigenvalue weighted by Gasteiger charge is -2.11. The average molecular weight is 188 g/mol. The molecule has 0 saturated heterocycles. The highest BCUT2D eigenvalue weighted by molar-refractivity contribution is 5.92. The largest absolute Gasteiger partial charge is 0.411 e. The van der Waals surface area contributed by atoms with Gasteiger partial charge < -0.3 is 5.21 Å². The SMILES string of the molecule is [CH2]C(C(CC=C)=NO)c1ccccc1. The fraction of sp³-hybridized carbons (Fsp3) is 0.167. The molecule has 1 radical (unpaired) electrons. The van der Waals surface area contributed by atoms with E-state index in [9.17, 15) is 0 Å². The molecular formula is C12H14NO. The number of allylic oxidation sites excluding steroid dienone is 1. The summed E-state index contributed by atoms with van der Waals surface area (Å²) in [6, 6.07) is 9.75. The molecule has 73 valence electrons. The Morgan fingerprint density at radius 2 is 2.07 bits per heavy atom. The summed E-state index contributed by atoms with van der Waals surface area (Å²) in [5, 5.41) is 12.0. The van der Waals surface area contributed by atoms with Crippen molar-refractivity contribution in [3.8, 4) is 0 Å². The molecular weight excluding hydrogens is 174 g/mol. The maximum absolute atomic E-state index is 8.79. The van der Waals surface area contributed by atoms with Crippen molar-refractivity contribution >= 4 is 5.71 Å². The third-order valence-electron chi connectivity index (χ3n) is 2.09. The van der Waals surface area contributed by atoms with E-state index in [1.807, 2.05) is 30.3 Å². The Bertz CT molecular complexity index is 316. The molecule has 2 heteroatoms. The normalized spacial score (nSPS) is 13.6. The van der Waals surface area contributed by atoms with Gasteiger partial charge >= 0.3 is 0 Å². The first kappa shape index (κ1) is 10.5. The predicted octanol–water partition coefficient (Wildman–Crippen LogP) is 3.01. The zero-order valence-corrected chi connectivity index (χ0v) is 8.06. The average Bonchev–Trinajstić information content (AvgIpc) is 2.26. The molecule has 0 aliphatic heterocycles. The van der Waals surface area contributed by atoms with Crippen LogP contribution in [-0.2, 0) is 0 Å². The van der Waals surface area contributed by atoms with Gasteiger partial charge in [-0.2, -0.15) is 0 Å². The summed E-state index contributed by atoms with van der Waals surface area (Å²) in [5.41, 5.74) is 1.67. The Labute approximate surface area is 84.6 Å². The van der Waals surface area contributed by atoms with Crippen molar-refractivity contribution in [2.24, 2.45) is 5.16 Å². The number of nitrogens with zero attached hydrogens (tertiary/aromatic N) is 1. The van der Waals surface area contributed by atoms with Crippen molar-refractivity contribution in [2.75, 3.05) is 0 Å². The third kappa shape index (κ3) is 2.46. The van der Waals surface area contributed by atoms with Crippen LogP contribution < -0.4 is 0 Å². The van der Waals surface area contributed by atoms with Crippen LogP contribution in [-0.4, -0.2) is 10.9 Å². The van der Waals surface area contributed by atoms with Crippen LogP contribution in [0, 0.1) is 6.92 Å². The summed E-state index contributed by atoms with van der Waals surface area (Å²) in [4.78, 5) is 0. The quantitative estimate of drug-likeness (QED) is 0.335. The van der Waals surface area contributed by atoms with E-state index >= 15 is 0 Å². The molecule has 0 aliphatic rings. The van der Waals surface area contributed by atoms with Gasteiger partial charge in [0.1, 0.15) is 0 Å². The van der Waals surface area contributed by atoms with Gasteiger partial charge in [-0.15, -0.1) is 6.58 Å². The minimum absolute atomic E-state index is 0.112. The second kappa shape index (κ2) is 5.22. The Hall–Kier alpha value is -1.57. The number of benzene rings is 1. The zero-order chi connectivity index (χ0) is 10.4. The van der Waals surface area contributed by atoms with Crippen molar-refractivity contribution in [1.29, 1.82) is 0 Å². The van der Waals surface area contributed by atoms with Crippen LogP contribution in [0.3, 0.4) is 0 Å². The second-order valence-corrected chi connectivity index (χ2v) is 3.05. The molecule has 0 fully saturated rings. The van der Waals surface area contributed by atoms with Crippen LogP contribution in [0.15, 0.2) is 48.1 Å². The van der Waals surface area contributed by atoms with Crippen LogP contribution in [0.25, 0.3) is 0 Å². The second-order valence-electron chi connectivity index (χ2n) is 3.05. The molecule has 1 atom stereocenters. The minimum atomic E-state index is -0.112. The summed E-state index contributed by atoms with van der Waals surface area (Å²) in [6.45, 7) is 7.56. The van der Waals surface area contributed by atoms with E-state index in [0.717, 1.165) is 5.56 Å². The summed E-state index contributed by atoms with van der Waals surface area (Å²) >= 11 is 0. The molecule has 1 rings (SSSR count). The smallest absolute Gasteiger partial charge is 0.0682 e. The van der Waals surface area contributed by atoms with Gasteiger partial charge in [0.25, 0.3) is 0 Å². The third-order valence-corrected chi connectivity index (χ3v) is 2.09. The fourth-order valence-corrected chi connectivity index (χ4v) is 1.28. The van der Waals surface area contributed by atoms with Gasteiger partial charge in [-0.1, -0.05) is 41.6 Å². The molecule has 0 saturated carbocycles. The van der Waals surface area contributed by atoms with Crippen molar-refractivity contribution in [3.63, 3.8) is 0 Å². The van der Waals surface area contributed by atoms with Gasteiger partial charge in [0.05, 0.1) is 5.71 Å². The van der Waals surface area contributed by atoms with Gasteiger partial charge in [-0.05, 0) is 12.5 Å². The van der Waals surface area contributed by atoms with E-state index in [4.69, 9.17) is 5.21 Å². The lowest BCUT2D eigenvalue weighted by Crippen LogP contribution is -2.08. The van der Waals surface area contributed by atoms with Crippen LogP contribution in [0.5, 0.6) is 0 Å². The molecule has 0 amide bonds. The Morgan fingerprint density at radius 1 is 1.43 bits per heavy atom.